The average Bonchev–Trinajstić information content (AvgIpc) is 2.36. The Morgan fingerprint density at radius 2 is 1.71 bits per heavy atom. The van der Waals surface area contributed by atoms with Gasteiger partial charge in [-0.3, -0.25) is 0 Å². The molecule has 2 heteroatoms. The number of nitrogens with one attached hydrogen (secondary N) is 1. The van der Waals surface area contributed by atoms with Gasteiger partial charge >= 0.3 is 0 Å². The fourth-order valence-corrected chi connectivity index (χ4v) is 2.27. The van der Waals surface area contributed by atoms with E-state index in [2.05, 4.69) is 70.6 Å². The summed E-state index contributed by atoms with van der Waals surface area (Å²) >= 11 is 3.54. The van der Waals surface area contributed by atoms with E-state index in [0.29, 0.717) is 0 Å². The molecule has 0 heterocycles. The summed E-state index contributed by atoms with van der Waals surface area (Å²) in [5.41, 5.74) is 3.84. The first-order valence-corrected chi connectivity index (χ1v) is 6.50. The van der Waals surface area contributed by atoms with Crippen molar-refractivity contribution in [3.8, 4) is 0 Å². The van der Waals surface area contributed by atoms with E-state index in [1.54, 1.807) is 0 Å². The van der Waals surface area contributed by atoms with Crippen LogP contribution in [0, 0.1) is 6.92 Å². The van der Waals surface area contributed by atoms with E-state index < -0.39 is 0 Å². The molecule has 0 aliphatic heterocycles. The van der Waals surface area contributed by atoms with Crippen molar-refractivity contribution in [1.29, 1.82) is 0 Å². The zero-order chi connectivity index (χ0) is 12.3. The predicted molar refractivity (Wildman–Crippen MR) is 76.2 cm³/mol. The highest BCUT2D eigenvalue weighted by Gasteiger charge is 2.11. The number of rotatable bonds is 3. The summed E-state index contributed by atoms with van der Waals surface area (Å²) < 4.78 is 1.16. The van der Waals surface area contributed by atoms with E-state index in [0.717, 1.165) is 4.47 Å². The van der Waals surface area contributed by atoms with Gasteiger partial charge in [0.25, 0.3) is 0 Å². The van der Waals surface area contributed by atoms with E-state index in [1.807, 2.05) is 13.1 Å². The van der Waals surface area contributed by atoms with Crippen LogP contribution in [0.15, 0.2) is 53.0 Å². The van der Waals surface area contributed by atoms with Crippen molar-refractivity contribution in [2.45, 2.75) is 13.0 Å². The fraction of sp³-hybridized carbons (Fsp3) is 0.200. The lowest BCUT2D eigenvalue weighted by Gasteiger charge is -2.18. The summed E-state index contributed by atoms with van der Waals surface area (Å²) in [4.78, 5) is 0. The van der Waals surface area contributed by atoms with Gasteiger partial charge in [-0.25, -0.2) is 0 Å². The van der Waals surface area contributed by atoms with Gasteiger partial charge in [0, 0.05) is 4.47 Å². The molecule has 0 aliphatic rings. The van der Waals surface area contributed by atoms with E-state index in [1.165, 1.54) is 16.7 Å². The molecule has 0 aromatic heterocycles. The molecule has 0 saturated carbocycles. The van der Waals surface area contributed by atoms with Gasteiger partial charge in [-0.1, -0.05) is 58.4 Å². The molecule has 17 heavy (non-hydrogen) atoms. The van der Waals surface area contributed by atoms with Crippen LogP contribution in [0.25, 0.3) is 0 Å². The second kappa shape index (κ2) is 5.48. The van der Waals surface area contributed by atoms with Crippen molar-refractivity contribution in [1.82, 2.24) is 5.32 Å². The summed E-state index contributed by atoms with van der Waals surface area (Å²) in [7, 11) is 2.00. The van der Waals surface area contributed by atoms with Crippen LogP contribution in [0.2, 0.25) is 0 Å². The number of hydrogen-bond donors (Lipinski definition) is 1. The maximum absolute atomic E-state index is 3.54. The van der Waals surface area contributed by atoms with Crippen molar-refractivity contribution in [3.05, 3.63) is 69.7 Å². The largest absolute Gasteiger partial charge is 0.309 e. The first kappa shape index (κ1) is 12.3. The molecular weight excluding hydrogens is 274 g/mol. The topological polar surface area (TPSA) is 12.0 Å². The molecule has 0 fully saturated rings. The molecule has 0 aliphatic carbocycles. The van der Waals surface area contributed by atoms with E-state index in [-0.39, 0.29) is 6.04 Å². The minimum Gasteiger partial charge on any atom is -0.309 e. The van der Waals surface area contributed by atoms with Crippen molar-refractivity contribution < 1.29 is 0 Å². The maximum atomic E-state index is 3.54. The third-order valence-corrected chi connectivity index (χ3v) is 3.83. The number of hydrogen-bond acceptors (Lipinski definition) is 1. The van der Waals surface area contributed by atoms with Gasteiger partial charge in [0.15, 0.2) is 0 Å². The summed E-state index contributed by atoms with van der Waals surface area (Å²) in [6.07, 6.45) is 0. The molecule has 0 radical (unpaired) electrons. The SMILES string of the molecule is CNC(c1ccccc1)c1ccc(Br)c(C)c1. The Hall–Kier alpha value is -1.12. The molecule has 2 aromatic carbocycles. The van der Waals surface area contributed by atoms with Crippen LogP contribution >= 0.6 is 15.9 Å². The number of benzene rings is 2. The first-order valence-electron chi connectivity index (χ1n) is 5.70. The van der Waals surface area contributed by atoms with Crippen LogP contribution in [0.1, 0.15) is 22.7 Å². The standard InChI is InChI=1S/C15H16BrN/c1-11-10-13(8-9-14(11)16)15(17-2)12-6-4-3-5-7-12/h3-10,15,17H,1-2H3. The van der Waals surface area contributed by atoms with Crippen LogP contribution in [0.4, 0.5) is 0 Å². The van der Waals surface area contributed by atoms with Gasteiger partial charge in [-0.2, -0.15) is 0 Å². The fourth-order valence-electron chi connectivity index (χ4n) is 2.02. The van der Waals surface area contributed by atoms with Gasteiger partial charge in [0.05, 0.1) is 6.04 Å². The Labute approximate surface area is 111 Å². The van der Waals surface area contributed by atoms with Crippen molar-refractivity contribution in [3.63, 3.8) is 0 Å². The van der Waals surface area contributed by atoms with Gasteiger partial charge in [0.2, 0.25) is 0 Å². The lowest BCUT2D eigenvalue weighted by molar-refractivity contribution is 0.691. The molecule has 0 amide bonds. The molecule has 1 unspecified atom stereocenters. The first-order chi connectivity index (χ1) is 8.22. The minimum absolute atomic E-state index is 0.253. The second-order valence-electron chi connectivity index (χ2n) is 4.14. The summed E-state index contributed by atoms with van der Waals surface area (Å²) in [6, 6.07) is 17.2. The molecule has 1 N–H and O–H groups in total. The van der Waals surface area contributed by atoms with Crippen LogP contribution in [0.5, 0.6) is 0 Å². The molecule has 0 bridgehead atoms. The average molecular weight is 290 g/mol. The Morgan fingerprint density at radius 1 is 1.00 bits per heavy atom. The maximum Gasteiger partial charge on any atom is 0.0574 e. The Balaban J connectivity index is 2.39. The smallest absolute Gasteiger partial charge is 0.0574 e. The van der Waals surface area contributed by atoms with Crippen LogP contribution in [-0.4, -0.2) is 7.05 Å². The molecule has 1 atom stereocenters. The Morgan fingerprint density at radius 3 is 2.29 bits per heavy atom. The predicted octanol–water partition coefficient (Wildman–Crippen LogP) is 4.07. The Bertz CT molecular complexity index is 494. The molecule has 2 aromatic rings. The quantitative estimate of drug-likeness (QED) is 0.898. The molecule has 88 valence electrons. The van der Waals surface area contributed by atoms with Crippen molar-refractivity contribution in [2.24, 2.45) is 0 Å². The minimum atomic E-state index is 0.253. The number of aryl methyl sites for hydroxylation is 1. The van der Waals surface area contributed by atoms with Crippen LogP contribution < -0.4 is 5.32 Å². The highest BCUT2D eigenvalue weighted by atomic mass is 79.9. The molecule has 2 rings (SSSR count). The molecular formula is C15H16BrN. The van der Waals surface area contributed by atoms with Crippen molar-refractivity contribution >= 4 is 15.9 Å². The Kier molecular flexibility index (Phi) is 3.97. The van der Waals surface area contributed by atoms with Gasteiger partial charge in [0.1, 0.15) is 0 Å². The van der Waals surface area contributed by atoms with Crippen LogP contribution in [0.3, 0.4) is 0 Å². The molecule has 0 saturated heterocycles. The summed E-state index contributed by atoms with van der Waals surface area (Å²) in [5.74, 6) is 0. The second-order valence-corrected chi connectivity index (χ2v) is 5.00. The normalized spacial score (nSPS) is 12.4. The van der Waals surface area contributed by atoms with E-state index >= 15 is 0 Å². The number of halogens is 1. The van der Waals surface area contributed by atoms with Crippen molar-refractivity contribution in [2.75, 3.05) is 7.05 Å². The third-order valence-electron chi connectivity index (χ3n) is 2.94. The van der Waals surface area contributed by atoms with E-state index in [4.69, 9.17) is 0 Å². The molecule has 0 spiro atoms. The lowest BCUT2D eigenvalue weighted by Crippen LogP contribution is -2.17. The van der Waals surface area contributed by atoms with E-state index in [9.17, 15) is 0 Å². The monoisotopic (exact) mass is 289 g/mol. The highest BCUT2D eigenvalue weighted by molar-refractivity contribution is 9.10. The zero-order valence-electron chi connectivity index (χ0n) is 10.1. The van der Waals surface area contributed by atoms with Gasteiger partial charge in [-0.05, 0) is 36.7 Å². The zero-order valence-corrected chi connectivity index (χ0v) is 11.7. The van der Waals surface area contributed by atoms with Gasteiger partial charge < -0.3 is 5.32 Å². The van der Waals surface area contributed by atoms with Gasteiger partial charge in [-0.15, -0.1) is 0 Å². The van der Waals surface area contributed by atoms with Crippen LogP contribution in [-0.2, 0) is 0 Å². The molecule has 1 nitrogen and oxygen atoms in total. The summed E-state index contributed by atoms with van der Waals surface area (Å²) in [6.45, 7) is 2.12. The lowest BCUT2D eigenvalue weighted by atomic mass is 9.98. The summed E-state index contributed by atoms with van der Waals surface area (Å²) in [5, 5.41) is 3.37. The highest BCUT2D eigenvalue weighted by Crippen LogP contribution is 2.25. The third kappa shape index (κ3) is 2.76.